The van der Waals surface area contributed by atoms with Crippen LogP contribution in [-0.2, 0) is 0 Å². The van der Waals surface area contributed by atoms with Crippen molar-refractivity contribution in [3.63, 3.8) is 0 Å². The Morgan fingerprint density at radius 3 is 3.00 bits per heavy atom. The van der Waals surface area contributed by atoms with Crippen LogP contribution in [0.5, 0.6) is 0 Å². The van der Waals surface area contributed by atoms with Gasteiger partial charge in [-0.25, -0.2) is 9.97 Å². The van der Waals surface area contributed by atoms with Crippen LogP contribution in [0.4, 0.5) is 0 Å². The van der Waals surface area contributed by atoms with E-state index in [1.165, 1.54) is 11.3 Å². The van der Waals surface area contributed by atoms with Crippen molar-refractivity contribution in [3.8, 4) is 0 Å². The molecule has 0 radical (unpaired) electrons. The van der Waals surface area contributed by atoms with E-state index in [0.29, 0.717) is 4.88 Å². The number of fused-ring (bicyclic) bond motifs is 3. The van der Waals surface area contributed by atoms with E-state index < -0.39 is 0 Å². The molecule has 1 amide bonds. The third kappa shape index (κ3) is 2.23. The molecule has 0 aliphatic heterocycles. The number of nitrogens with zero attached hydrogens (tertiary/aromatic N) is 3. The zero-order valence-corrected chi connectivity index (χ0v) is 14.3. The van der Waals surface area contributed by atoms with Crippen molar-refractivity contribution in [1.29, 1.82) is 0 Å². The lowest BCUT2D eigenvalue weighted by Crippen LogP contribution is -2.26. The van der Waals surface area contributed by atoms with Crippen molar-refractivity contribution >= 4 is 55.2 Å². The summed E-state index contributed by atoms with van der Waals surface area (Å²) < 4.78 is 2.01. The summed E-state index contributed by atoms with van der Waals surface area (Å²) in [5, 5.41) is 7.98. The fourth-order valence-corrected chi connectivity index (χ4v) is 4.69. The van der Waals surface area contributed by atoms with Crippen LogP contribution in [0.15, 0.2) is 23.0 Å². The quantitative estimate of drug-likeness (QED) is 0.611. The number of rotatable bonds is 3. The molecular formula is C14H12N4OS3. The van der Waals surface area contributed by atoms with Crippen molar-refractivity contribution in [2.75, 3.05) is 0 Å². The highest BCUT2D eigenvalue weighted by Crippen LogP contribution is 2.28. The maximum absolute atomic E-state index is 12.4. The first kappa shape index (κ1) is 13.9. The summed E-state index contributed by atoms with van der Waals surface area (Å²) in [4.78, 5) is 23.9. The fraction of sp³-hybridized carbons (Fsp3) is 0.214. The summed E-state index contributed by atoms with van der Waals surface area (Å²) in [5.41, 5.74) is 1.89. The summed E-state index contributed by atoms with van der Waals surface area (Å²) in [7, 11) is 0. The van der Waals surface area contributed by atoms with Crippen LogP contribution >= 0.6 is 34.0 Å². The number of carbonyl (C=O) groups excluding carboxylic acids is 1. The van der Waals surface area contributed by atoms with Gasteiger partial charge in [-0.1, -0.05) is 0 Å². The van der Waals surface area contributed by atoms with Crippen LogP contribution < -0.4 is 5.32 Å². The molecule has 22 heavy (non-hydrogen) atoms. The van der Waals surface area contributed by atoms with Crippen molar-refractivity contribution in [3.05, 3.63) is 38.6 Å². The zero-order chi connectivity index (χ0) is 15.3. The van der Waals surface area contributed by atoms with Gasteiger partial charge in [0.15, 0.2) is 4.96 Å². The van der Waals surface area contributed by atoms with Crippen LogP contribution in [0.3, 0.4) is 0 Å². The van der Waals surface area contributed by atoms with Crippen LogP contribution in [0.2, 0.25) is 0 Å². The van der Waals surface area contributed by atoms with E-state index >= 15 is 0 Å². The van der Waals surface area contributed by atoms with E-state index in [1.54, 1.807) is 22.7 Å². The highest BCUT2D eigenvalue weighted by molar-refractivity contribution is 7.21. The average molecular weight is 348 g/mol. The Morgan fingerprint density at radius 1 is 1.36 bits per heavy atom. The third-order valence-electron chi connectivity index (χ3n) is 3.39. The summed E-state index contributed by atoms with van der Waals surface area (Å²) in [6.45, 7) is 3.91. The number of aromatic nitrogens is 3. The molecule has 8 heteroatoms. The van der Waals surface area contributed by atoms with Crippen molar-refractivity contribution in [2.24, 2.45) is 0 Å². The number of thiazole rings is 2. The van der Waals surface area contributed by atoms with Crippen LogP contribution in [0.1, 0.15) is 33.3 Å². The minimum Gasteiger partial charge on any atom is -0.343 e. The number of aryl methyl sites for hydroxylation is 1. The van der Waals surface area contributed by atoms with E-state index in [4.69, 9.17) is 0 Å². The van der Waals surface area contributed by atoms with Crippen LogP contribution in [0, 0.1) is 6.92 Å². The number of amides is 1. The van der Waals surface area contributed by atoms with Gasteiger partial charge < -0.3 is 5.32 Å². The number of hydrogen-bond acceptors (Lipinski definition) is 6. The largest absolute Gasteiger partial charge is 0.343 e. The van der Waals surface area contributed by atoms with Gasteiger partial charge in [-0.15, -0.1) is 34.0 Å². The predicted octanol–water partition coefficient (Wildman–Crippen LogP) is 3.87. The molecule has 4 aromatic rings. The first-order chi connectivity index (χ1) is 10.6. The molecule has 0 fully saturated rings. The second kappa shape index (κ2) is 5.15. The number of imidazole rings is 1. The molecule has 0 spiro atoms. The summed E-state index contributed by atoms with van der Waals surface area (Å²) in [5.74, 6) is -0.0786. The SMILES string of the molecule is Cc1nc(C(C)NC(=O)c2cc3c(nc4sccn43)s2)cs1. The van der Waals surface area contributed by atoms with Crippen molar-refractivity contribution < 1.29 is 4.79 Å². The Balaban J connectivity index is 1.60. The van der Waals surface area contributed by atoms with Gasteiger partial charge in [0.25, 0.3) is 5.91 Å². The molecule has 4 aromatic heterocycles. The van der Waals surface area contributed by atoms with Gasteiger partial charge in [0.1, 0.15) is 4.83 Å². The van der Waals surface area contributed by atoms with Crippen LogP contribution in [0.25, 0.3) is 15.3 Å². The Kier molecular flexibility index (Phi) is 3.24. The van der Waals surface area contributed by atoms with Crippen molar-refractivity contribution in [2.45, 2.75) is 19.9 Å². The second-order valence-corrected chi connectivity index (χ2v) is 7.92. The maximum Gasteiger partial charge on any atom is 0.262 e. The van der Waals surface area contributed by atoms with Gasteiger partial charge >= 0.3 is 0 Å². The molecule has 0 aromatic carbocycles. The number of nitrogens with one attached hydrogen (secondary N) is 1. The minimum atomic E-state index is -0.101. The lowest BCUT2D eigenvalue weighted by molar-refractivity contribution is 0.0943. The molecule has 112 valence electrons. The van der Waals surface area contributed by atoms with Gasteiger partial charge in [0, 0.05) is 17.0 Å². The number of thiophene rings is 1. The smallest absolute Gasteiger partial charge is 0.262 e. The van der Waals surface area contributed by atoms with Crippen LogP contribution in [-0.4, -0.2) is 20.3 Å². The first-order valence-electron chi connectivity index (χ1n) is 6.70. The van der Waals surface area contributed by atoms with Gasteiger partial charge in [-0.3, -0.25) is 9.20 Å². The van der Waals surface area contributed by atoms with E-state index in [1.807, 2.05) is 41.3 Å². The number of hydrogen-bond donors (Lipinski definition) is 1. The molecular weight excluding hydrogens is 336 g/mol. The lowest BCUT2D eigenvalue weighted by Gasteiger charge is -2.10. The molecule has 1 unspecified atom stereocenters. The summed E-state index contributed by atoms with van der Waals surface area (Å²) >= 11 is 4.61. The Morgan fingerprint density at radius 2 is 2.23 bits per heavy atom. The molecule has 1 atom stereocenters. The Hall–Kier alpha value is -1.77. The summed E-state index contributed by atoms with van der Waals surface area (Å²) in [6, 6.07) is 1.80. The molecule has 0 aliphatic carbocycles. The Labute approximate surface area is 138 Å². The molecule has 1 N–H and O–H groups in total. The minimum absolute atomic E-state index is 0.0786. The topological polar surface area (TPSA) is 59.3 Å². The van der Waals surface area contributed by atoms with Gasteiger partial charge in [-0.2, -0.15) is 0 Å². The predicted molar refractivity (Wildman–Crippen MR) is 91.2 cm³/mol. The van der Waals surface area contributed by atoms with Gasteiger partial charge in [0.2, 0.25) is 0 Å². The standard InChI is InChI=1S/C14H12N4OS3/c1-7(9-6-21-8(2)16-9)15-12(19)11-5-10-13(22-11)17-14-18(10)3-4-20-14/h3-7H,1-2H3,(H,15,19). The number of carbonyl (C=O) groups is 1. The zero-order valence-electron chi connectivity index (χ0n) is 11.9. The Bertz CT molecular complexity index is 977. The highest BCUT2D eigenvalue weighted by Gasteiger charge is 2.18. The van der Waals surface area contributed by atoms with Gasteiger partial charge in [0.05, 0.1) is 27.1 Å². The second-order valence-electron chi connectivity index (χ2n) is 4.95. The van der Waals surface area contributed by atoms with E-state index in [9.17, 15) is 4.79 Å². The van der Waals surface area contributed by atoms with E-state index in [-0.39, 0.29) is 11.9 Å². The molecule has 0 saturated carbocycles. The fourth-order valence-electron chi connectivity index (χ4n) is 2.28. The molecule has 0 saturated heterocycles. The first-order valence-corrected chi connectivity index (χ1v) is 9.27. The normalized spacial score (nSPS) is 13.0. The monoisotopic (exact) mass is 348 g/mol. The molecule has 4 rings (SSSR count). The average Bonchev–Trinajstić information content (AvgIpc) is 3.18. The van der Waals surface area contributed by atoms with Gasteiger partial charge in [-0.05, 0) is 19.9 Å². The summed E-state index contributed by atoms with van der Waals surface area (Å²) in [6.07, 6.45) is 1.98. The van der Waals surface area contributed by atoms with Crippen molar-refractivity contribution in [1.82, 2.24) is 19.7 Å². The van der Waals surface area contributed by atoms with E-state index in [0.717, 1.165) is 26.0 Å². The third-order valence-corrected chi connectivity index (χ3v) is 5.96. The lowest BCUT2D eigenvalue weighted by atomic mass is 10.2. The maximum atomic E-state index is 12.4. The molecule has 4 heterocycles. The molecule has 0 bridgehead atoms. The highest BCUT2D eigenvalue weighted by atomic mass is 32.1. The van der Waals surface area contributed by atoms with E-state index in [2.05, 4.69) is 15.3 Å². The molecule has 5 nitrogen and oxygen atoms in total. The molecule has 0 aliphatic rings.